The number of phenols is 1. The highest BCUT2D eigenvalue weighted by molar-refractivity contribution is 5.92. The number of aromatic hydroxyl groups is 1. The quantitative estimate of drug-likeness (QED) is 0.547. The van der Waals surface area contributed by atoms with Gasteiger partial charge in [0, 0.05) is 17.5 Å². The normalized spacial score (nSPS) is 10.7. The van der Waals surface area contributed by atoms with E-state index in [1.807, 2.05) is 35.8 Å². The van der Waals surface area contributed by atoms with Crippen LogP contribution in [0.15, 0.2) is 60.7 Å². The molecule has 122 valence electrons. The molecule has 1 aromatic heterocycles. The third-order valence-corrected chi connectivity index (χ3v) is 3.69. The van der Waals surface area contributed by atoms with Gasteiger partial charge in [-0.25, -0.2) is 4.79 Å². The van der Waals surface area contributed by atoms with Crippen LogP contribution in [0.2, 0.25) is 0 Å². The molecule has 0 aliphatic rings. The molecule has 0 aliphatic heterocycles. The zero-order valence-corrected chi connectivity index (χ0v) is 13.2. The van der Waals surface area contributed by atoms with Crippen molar-refractivity contribution in [2.75, 3.05) is 0 Å². The van der Waals surface area contributed by atoms with Gasteiger partial charge in [-0.05, 0) is 43.3 Å². The zero-order valence-electron chi connectivity index (χ0n) is 13.2. The maximum Gasteiger partial charge on any atom is 0.511 e. The molecule has 0 spiro atoms. The minimum Gasteiger partial charge on any atom is -0.508 e. The van der Waals surface area contributed by atoms with Crippen LogP contribution in [0.4, 0.5) is 4.79 Å². The Morgan fingerprint density at radius 1 is 1.17 bits per heavy atom. The molecule has 0 radical (unpaired) electrons. The highest BCUT2D eigenvalue weighted by Crippen LogP contribution is 2.37. The summed E-state index contributed by atoms with van der Waals surface area (Å²) in [6.07, 6.45) is -0.885. The molecular weight excluding hydrogens is 306 g/mol. The fourth-order valence-electron chi connectivity index (χ4n) is 2.81. The number of phenolic OH excluding ortho intramolecular Hbond substituents is 1. The lowest BCUT2D eigenvalue weighted by Crippen LogP contribution is -2.07. The maximum atomic E-state index is 11.2. The van der Waals surface area contributed by atoms with Crippen LogP contribution in [0.1, 0.15) is 12.6 Å². The fourth-order valence-corrected chi connectivity index (χ4v) is 2.81. The minimum atomic E-state index is -1.36. The summed E-state index contributed by atoms with van der Waals surface area (Å²) < 4.78 is 7.02. The molecule has 0 amide bonds. The van der Waals surface area contributed by atoms with Crippen LogP contribution in [-0.2, 0) is 6.42 Å². The number of carbonyl (C=O) groups is 1. The summed E-state index contributed by atoms with van der Waals surface area (Å²) >= 11 is 0. The van der Waals surface area contributed by atoms with Gasteiger partial charge in [-0.3, -0.25) is 0 Å². The smallest absolute Gasteiger partial charge is 0.508 e. The predicted molar refractivity (Wildman–Crippen MR) is 92.1 cm³/mol. The Bertz CT molecular complexity index is 922. The Morgan fingerprint density at radius 3 is 2.46 bits per heavy atom. The second-order valence-corrected chi connectivity index (χ2v) is 5.65. The summed E-state index contributed by atoms with van der Waals surface area (Å²) in [6.45, 7) is 5.81. The number of aromatic nitrogens is 1. The third-order valence-electron chi connectivity index (χ3n) is 3.69. The molecule has 5 heteroatoms. The van der Waals surface area contributed by atoms with E-state index in [9.17, 15) is 9.90 Å². The van der Waals surface area contributed by atoms with Crippen LogP contribution in [0.25, 0.3) is 16.6 Å². The van der Waals surface area contributed by atoms with Gasteiger partial charge < -0.3 is 19.5 Å². The molecule has 3 aromatic rings. The summed E-state index contributed by atoms with van der Waals surface area (Å²) in [7, 11) is 0. The molecule has 0 saturated heterocycles. The second-order valence-electron chi connectivity index (χ2n) is 5.65. The van der Waals surface area contributed by atoms with Crippen LogP contribution in [0.5, 0.6) is 11.5 Å². The number of hydrogen-bond acceptors (Lipinski definition) is 3. The van der Waals surface area contributed by atoms with Gasteiger partial charge in [0.15, 0.2) is 5.75 Å². The van der Waals surface area contributed by atoms with Crippen molar-refractivity contribution in [2.24, 2.45) is 0 Å². The van der Waals surface area contributed by atoms with Gasteiger partial charge in [0.1, 0.15) is 5.75 Å². The van der Waals surface area contributed by atoms with E-state index in [4.69, 9.17) is 9.84 Å². The second kappa shape index (κ2) is 6.12. The fraction of sp³-hybridized carbons (Fsp3) is 0.105. The number of nitrogens with zero attached hydrogens (tertiary/aromatic N) is 1. The molecule has 0 bridgehead atoms. The number of carboxylic acid groups (broad SMARTS) is 1. The Kier molecular flexibility index (Phi) is 4.00. The van der Waals surface area contributed by atoms with Gasteiger partial charge >= 0.3 is 6.16 Å². The number of hydrogen-bond donors (Lipinski definition) is 2. The van der Waals surface area contributed by atoms with Crippen molar-refractivity contribution in [2.45, 2.75) is 13.3 Å². The highest BCUT2D eigenvalue weighted by atomic mass is 16.7. The lowest BCUT2D eigenvalue weighted by atomic mass is 10.1. The van der Waals surface area contributed by atoms with Crippen molar-refractivity contribution >= 4 is 17.1 Å². The Morgan fingerprint density at radius 2 is 1.83 bits per heavy atom. The first kappa shape index (κ1) is 15.7. The molecule has 0 saturated carbocycles. The van der Waals surface area contributed by atoms with Crippen molar-refractivity contribution in [3.8, 4) is 17.2 Å². The average Bonchev–Trinajstić information content (AvgIpc) is 2.81. The van der Waals surface area contributed by atoms with E-state index in [0.717, 1.165) is 16.8 Å². The molecule has 0 atom stereocenters. The molecule has 0 aliphatic carbocycles. The first-order valence-electron chi connectivity index (χ1n) is 7.44. The number of rotatable bonds is 4. The summed E-state index contributed by atoms with van der Waals surface area (Å²) in [5.74, 6) is 0.479. The molecule has 24 heavy (non-hydrogen) atoms. The lowest BCUT2D eigenvalue weighted by molar-refractivity contribution is 0.144. The van der Waals surface area contributed by atoms with Crippen molar-refractivity contribution in [3.05, 3.63) is 66.4 Å². The highest BCUT2D eigenvalue weighted by Gasteiger charge is 2.21. The van der Waals surface area contributed by atoms with Crippen LogP contribution in [-0.4, -0.2) is 20.9 Å². The number of allylic oxidation sites excluding steroid dienone is 1. The summed E-state index contributed by atoms with van der Waals surface area (Å²) in [4.78, 5) is 11.2. The number of fused-ring (bicyclic) bond motifs is 1. The minimum absolute atomic E-state index is 0.165. The topological polar surface area (TPSA) is 71.7 Å². The van der Waals surface area contributed by atoms with Gasteiger partial charge in [0.25, 0.3) is 0 Å². The first-order chi connectivity index (χ1) is 11.5. The third kappa shape index (κ3) is 2.84. The lowest BCUT2D eigenvalue weighted by Gasteiger charge is -2.12. The molecule has 0 unspecified atom stereocenters. The Labute approximate surface area is 139 Å². The van der Waals surface area contributed by atoms with Crippen LogP contribution < -0.4 is 4.74 Å². The number of benzene rings is 2. The van der Waals surface area contributed by atoms with Gasteiger partial charge in [0.2, 0.25) is 0 Å². The van der Waals surface area contributed by atoms with E-state index in [1.165, 1.54) is 0 Å². The Balaban J connectivity index is 2.34. The van der Waals surface area contributed by atoms with Crippen molar-refractivity contribution in [1.82, 2.24) is 4.57 Å². The first-order valence-corrected chi connectivity index (χ1v) is 7.44. The molecule has 1 heterocycles. The van der Waals surface area contributed by atoms with E-state index >= 15 is 0 Å². The SMILES string of the molecule is C=C(C)Cc1c(OC(=O)O)c2ccccc2n1-c1ccc(O)cc1. The van der Waals surface area contributed by atoms with Crippen molar-refractivity contribution < 1.29 is 19.7 Å². The number of para-hydroxylation sites is 1. The van der Waals surface area contributed by atoms with Gasteiger partial charge in [0.05, 0.1) is 11.2 Å². The maximum absolute atomic E-state index is 11.2. The summed E-state index contributed by atoms with van der Waals surface area (Å²) in [5, 5.41) is 19.4. The Hall–Kier alpha value is -3.21. The average molecular weight is 323 g/mol. The predicted octanol–water partition coefficient (Wildman–Crippen LogP) is 4.51. The van der Waals surface area contributed by atoms with E-state index in [2.05, 4.69) is 6.58 Å². The molecule has 3 rings (SSSR count). The van der Waals surface area contributed by atoms with Crippen LogP contribution in [0.3, 0.4) is 0 Å². The van der Waals surface area contributed by atoms with E-state index in [0.29, 0.717) is 23.3 Å². The van der Waals surface area contributed by atoms with Crippen molar-refractivity contribution in [1.29, 1.82) is 0 Å². The van der Waals surface area contributed by atoms with Crippen LogP contribution >= 0.6 is 0 Å². The summed E-state index contributed by atoms with van der Waals surface area (Å²) in [6, 6.07) is 14.2. The molecule has 0 fully saturated rings. The summed E-state index contributed by atoms with van der Waals surface area (Å²) in [5.41, 5.74) is 3.22. The molecule has 2 aromatic carbocycles. The zero-order chi connectivity index (χ0) is 17.3. The molecule has 2 N–H and O–H groups in total. The van der Waals surface area contributed by atoms with E-state index in [1.54, 1.807) is 24.3 Å². The van der Waals surface area contributed by atoms with Crippen LogP contribution in [0, 0.1) is 0 Å². The van der Waals surface area contributed by atoms with Gasteiger partial charge in [-0.15, -0.1) is 0 Å². The molecule has 5 nitrogen and oxygen atoms in total. The van der Waals surface area contributed by atoms with Gasteiger partial charge in [-0.2, -0.15) is 0 Å². The van der Waals surface area contributed by atoms with E-state index in [-0.39, 0.29) is 5.75 Å². The monoisotopic (exact) mass is 323 g/mol. The largest absolute Gasteiger partial charge is 0.511 e. The van der Waals surface area contributed by atoms with E-state index < -0.39 is 6.16 Å². The van der Waals surface area contributed by atoms with Gasteiger partial charge in [-0.1, -0.05) is 24.3 Å². The standard InChI is InChI=1S/C19H17NO4/c1-12(2)11-17-18(24-19(22)23)15-5-3-4-6-16(15)20(17)13-7-9-14(21)10-8-13/h3-10,21H,1,11H2,2H3,(H,22,23). The van der Waals surface area contributed by atoms with Crippen molar-refractivity contribution in [3.63, 3.8) is 0 Å². The number of ether oxygens (including phenoxy) is 1. The molecular formula is C19H17NO4.